The van der Waals surface area contributed by atoms with Crippen molar-refractivity contribution in [2.24, 2.45) is 0 Å². The van der Waals surface area contributed by atoms with Crippen LogP contribution in [0.1, 0.15) is 34.1 Å². The first kappa shape index (κ1) is 19.7. The third-order valence-corrected chi connectivity index (χ3v) is 3.83. The van der Waals surface area contributed by atoms with Gasteiger partial charge < -0.3 is 19.5 Å². The Morgan fingerprint density at radius 2 is 2.09 bits per heavy atom. The van der Waals surface area contributed by atoms with Gasteiger partial charge in [0, 0.05) is 19.4 Å². The summed E-state index contributed by atoms with van der Waals surface area (Å²) in [4.78, 5) is 12.4. The fourth-order valence-electron chi connectivity index (χ4n) is 2.07. The lowest BCUT2D eigenvalue weighted by Gasteiger charge is -2.26. The van der Waals surface area contributed by atoms with Crippen molar-refractivity contribution >= 4 is 23.2 Å². The summed E-state index contributed by atoms with van der Waals surface area (Å²) in [6, 6.07) is 5.14. The lowest BCUT2D eigenvalue weighted by Crippen LogP contribution is -2.42. The predicted molar refractivity (Wildman–Crippen MR) is 92.4 cm³/mol. The highest BCUT2D eigenvalue weighted by atomic mass is 35.5. The molecular weight excluding hydrogens is 318 g/mol. The largest absolute Gasteiger partial charge is 0.487 e. The molecule has 0 fully saturated rings. The molecule has 1 N–H and O–H groups in total. The van der Waals surface area contributed by atoms with Gasteiger partial charge in [0.15, 0.2) is 0 Å². The van der Waals surface area contributed by atoms with E-state index in [9.17, 15) is 4.79 Å². The Hall–Kier alpha value is -1.30. The van der Waals surface area contributed by atoms with Gasteiger partial charge in [-0.25, -0.2) is 0 Å². The standard InChI is InChI=1S/C17H26ClNO4/c1-6-17(4,22-7-2)16(20)19-13-8-9-15(14(18)10-13)23-12(3)11-21-5/h8-10,12H,6-7,11H2,1-5H3,(H,19,20)/t12-,17-/m0/s1. The van der Waals surface area contributed by atoms with E-state index in [-0.39, 0.29) is 12.0 Å². The van der Waals surface area contributed by atoms with Crippen LogP contribution in [0.25, 0.3) is 0 Å². The summed E-state index contributed by atoms with van der Waals surface area (Å²) in [5.41, 5.74) is -0.255. The number of rotatable bonds is 9. The number of amides is 1. The number of hydrogen-bond donors (Lipinski definition) is 1. The van der Waals surface area contributed by atoms with Crippen LogP contribution in [0.5, 0.6) is 5.75 Å². The summed E-state index contributed by atoms with van der Waals surface area (Å²) in [6.45, 7) is 8.39. The maximum absolute atomic E-state index is 12.4. The van der Waals surface area contributed by atoms with Gasteiger partial charge in [-0.15, -0.1) is 0 Å². The molecule has 1 aromatic rings. The molecule has 0 spiro atoms. The van der Waals surface area contributed by atoms with Crippen LogP contribution in [0.3, 0.4) is 0 Å². The average Bonchev–Trinajstić information content (AvgIpc) is 2.50. The fraction of sp³-hybridized carbons (Fsp3) is 0.588. The van der Waals surface area contributed by atoms with Crippen molar-refractivity contribution in [1.82, 2.24) is 0 Å². The normalized spacial score (nSPS) is 14.9. The van der Waals surface area contributed by atoms with Crippen molar-refractivity contribution in [1.29, 1.82) is 0 Å². The molecule has 6 heteroatoms. The SMILES string of the molecule is CCO[C@@](C)(CC)C(=O)Nc1ccc(O[C@@H](C)COC)c(Cl)c1. The summed E-state index contributed by atoms with van der Waals surface area (Å²) >= 11 is 6.22. The van der Waals surface area contributed by atoms with E-state index >= 15 is 0 Å². The van der Waals surface area contributed by atoms with Gasteiger partial charge in [0.2, 0.25) is 0 Å². The lowest BCUT2D eigenvalue weighted by molar-refractivity contribution is -0.139. The third kappa shape index (κ3) is 5.68. The average molecular weight is 344 g/mol. The fourth-order valence-corrected chi connectivity index (χ4v) is 2.29. The zero-order valence-electron chi connectivity index (χ0n) is 14.4. The highest BCUT2D eigenvalue weighted by molar-refractivity contribution is 6.32. The molecule has 0 saturated heterocycles. The second-order valence-corrected chi connectivity index (χ2v) is 5.91. The van der Waals surface area contributed by atoms with Crippen molar-refractivity contribution in [2.45, 2.75) is 45.8 Å². The zero-order valence-corrected chi connectivity index (χ0v) is 15.2. The Kier molecular flexibility index (Phi) is 7.82. The summed E-state index contributed by atoms with van der Waals surface area (Å²) in [5, 5.41) is 3.27. The Balaban J connectivity index is 2.79. The Labute approximate surface area is 143 Å². The topological polar surface area (TPSA) is 56.8 Å². The van der Waals surface area contributed by atoms with Crippen LogP contribution in [0.15, 0.2) is 18.2 Å². The number of benzene rings is 1. The highest BCUT2D eigenvalue weighted by Gasteiger charge is 2.31. The highest BCUT2D eigenvalue weighted by Crippen LogP contribution is 2.29. The number of halogens is 1. The molecule has 1 aromatic carbocycles. The van der Waals surface area contributed by atoms with E-state index in [0.717, 1.165) is 0 Å². The minimum atomic E-state index is -0.858. The first-order valence-corrected chi connectivity index (χ1v) is 8.14. The van der Waals surface area contributed by atoms with Crippen molar-refractivity contribution in [2.75, 3.05) is 25.6 Å². The second kappa shape index (κ2) is 9.11. The van der Waals surface area contributed by atoms with E-state index in [0.29, 0.717) is 36.1 Å². The van der Waals surface area contributed by atoms with Crippen LogP contribution in [0.2, 0.25) is 5.02 Å². The number of carbonyl (C=O) groups excluding carboxylic acids is 1. The molecule has 0 saturated carbocycles. The summed E-state index contributed by atoms with van der Waals surface area (Å²) in [5.74, 6) is 0.358. The van der Waals surface area contributed by atoms with Crippen LogP contribution in [0.4, 0.5) is 5.69 Å². The summed E-state index contributed by atoms with van der Waals surface area (Å²) in [7, 11) is 1.61. The van der Waals surface area contributed by atoms with Crippen molar-refractivity contribution in [3.05, 3.63) is 23.2 Å². The molecule has 0 aliphatic heterocycles. The molecule has 0 aromatic heterocycles. The number of ether oxygens (including phenoxy) is 3. The van der Waals surface area contributed by atoms with E-state index < -0.39 is 5.60 Å². The molecule has 23 heavy (non-hydrogen) atoms. The van der Waals surface area contributed by atoms with E-state index in [2.05, 4.69) is 5.32 Å². The maximum atomic E-state index is 12.4. The molecule has 130 valence electrons. The minimum absolute atomic E-state index is 0.112. The second-order valence-electron chi connectivity index (χ2n) is 5.50. The molecule has 2 atom stereocenters. The molecule has 0 radical (unpaired) electrons. The van der Waals surface area contributed by atoms with Crippen LogP contribution in [0, 0.1) is 0 Å². The van der Waals surface area contributed by atoms with Gasteiger partial charge in [0.05, 0.1) is 11.6 Å². The van der Waals surface area contributed by atoms with Crippen molar-refractivity contribution < 1.29 is 19.0 Å². The van der Waals surface area contributed by atoms with Gasteiger partial charge in [-0.05, 0) is 45.4 Å². The van der Waals surface area contributed by atoms with Gasteiger partial charge in [-0.1, -0.05) is 18.5 Å². The van der Waals surface area contributed by atoms with E-state index in [1.54, 1.807) is 32.2 Å². The Morgan fingerprint density at radius 1 is 1.39 bits per heavy atom. The molecule has 0 bridgehead atoms. The first-order valence-electron chi connectivity index (χ1n) is 7.76. The minimum Gasteiger partial charge on any atom is -0.487 e. The molecule has 0 heterocycles. The Morgan fingerprint density at radius 3 is 2.61 bits per heavy atom. The first-order chi connectivity index (χ1) is 10.9. The van der Waals surface area contributed by atoms with Crippen LogP contribution in [-0.2, 0) is 14.3 Å². The quantitative estimate of drug-likeness (QED) is 0.738. The predicted octanol–water partition coefficient (Wildman–Crippen LogP) is 3.90. The van der Waals surface area contributed by atoms with Gasteiger partial charge in [-0.3, -0.25) is 4.79 Å². The molecule has 0 aliphatic carbocycles. The van der Waals surface area contributed by atoms with Gasteiger partial charge in [-0.2, -0.15) is 0 Å². The molecule has 0 aliphatic rings. The third-order valence-electron chi connectivity index (χ3n) is 3.54. The van der Waals surface area contributed by atoms with Gasteiger partial charge >= 0.3 is 0 Å². The van der Waals surface area contributed by atoms with Crippen molar-refractivity contribution in [3.8, 4) is 5.75 Å². The molecule has 5 nitrogen and oxygen atoms in total. The monoisotopic (exact) mass is 343 g/mol. The smallest absolute Gasteiger partial charge is 0.256 e. The molecular formula is C17H26ClNO4. The van der Waals surface area contributed by atoms with E-state index in [1.807, 2.05) is 20.8 Å². The van der Waals surface area contributed by atoms with Gasteiger partial charge in [0.25, 0.3) is 5.91 Å². The van der Waals surface area contributed by atoms with E-state index in [4.69, 9.17) is 25.8 Å². The number of carbonyl (C=O) groups is 1. The summed E-state index contributed by atoms with van der Waals surface area (Å²) < 4.78 is 16.3. The van der Waals surface area contributed by atoms with Crippen LogP contribution < -0.4 is 10.1 Å². The maximum Gasteiger partial charge on any atom is 0.256 e. The zero-order chi connectivity index (χ0) is 17.5. The van der Waals surface area contributed by atoms with Crippen molar-refractivity contribution in [3.63, 3.8) is 0 Å². The summed E-state index contributed by atoms with van der Waals surface area (Å²) in [6.07, 6.45) is 0.468. The number of hydrogen-bond acceptors (Lipinski definition) is 4. The number of methoxy groups -OCH3 is 1. The van der Waals surface area contributed by atoms with Gasteiger partial charge in [0.1, 0.15) is 17.5 Å². The van der Waals surface area contributed by atoms with Crippen LogP contribution in [-0.4, -0.2) is 37.9 Å². The lowest BCUT2D eigenvalue weighted by atomic mass is 10.0. The Bertz CT molecular complexity index is 523. The van der Waals surface area contributed by atoms with Crippen LogP contribution >= 0.6 is 11.6 Å². The molecule has 1 rings (SSSR count). The number of nitrogens with one attached hydrogen (secondary N) is 1. The molecule has 1 amide bonds. The molecule has 0 unspecified atom stereocenters. The number of anilines is 1. The van der Waals surface area contributed by atoms with E-state index in [1.165, 1.54) is 0 Å².